The van der Waals surface area contributed by atoms with Gasteiger partial charge in [0.1, 0.15) is 4.88 Å². The summed E-state index contributed by atoms with van der Waals surface area (Å²) in [7, 11) is 1.42. The summed E-state index contributed by atoms with van der Waals surface area (Å²) in [5.41, 5.74) is 0.759. The van der Waals surface area contributed by atoms with E-state index in [1.807, 2.05) is 6.07 Å². The van der Waals surface area contributed by atoms with Gasteiger partial charge in [0, 0.05) is 18.1 Å². The van der Waals surface area contributed by atoms with E-state index in [2.05, 4.69) is 37.9 Å². The van der Waals surface area contributed by atoms with Crippen LogP contribution in [0.3, 0.4) is 0 Å². The minimum atomic E-state index is -0.311. The number of esters is 1. The van der Waals surface area contributed by atoms with Gasteiger partial charge in [-0.15, -0.1) is 11.3 Å². The molecule has 1 aromatic heterocycles. The van der Waals surface area contributed by atoms with Gasteiger partial charge in [0.25, 0.3) is 0 Å². The van der Waals surface area contributed by atoms with Crippen molar-refractivity contribution in [2.75, 3.05) is 25.6 Å². The molecule has 1 aliphatic carbocycles. The summed E-state index contributed by atoms with van der Waals surface area (Å²) in [6.45, 7) is 7.77. The van der Waals surface area contributed by atoms with Gasteiger partial charge < -0.3 is 19.5 Å². The third-order valence-corrected chi connectivity index (χ3v) is 6.00. The van der Waals surface area contributed by atoms with Gasteiger partial charge in [-0.05, 0) is 58.9 Å². The highest BCUT2D eigenvalue weighted by atomic mass is 32.1. The standard InChI is InChI=1S/C22H31NO4S/c1-22(2,3)11-9-18-13-19(20(28-18)21(24)25-4)23-15-5-7-16(8-6-15)27-17-10-12-26-14-17/h13,15-17,23H,5-8,10,12,14H2,1-4H3/t15-,16-,17-/m1/s1. The van der Waals surface area contributed by atoms with Gasteiger partial charge in [0.05, 0.1) is 36.5 Å². The van der Waals surface area contributed by atoms with E-state index in [0.29, 0.717) is 17.0 Å². The maximum absolute atomic E-state index is 12.2. The fourth-order valence-corrected chi connectivity index (χ4v) is 4.40. The van der Waals surface area contributed by atoms with Crippen LogP contribution in [0.2, 0.25) is 0 Å². The first-order chi connectivity index (χ1) is 13.3. The van der Waals surface area contributed by atoms with Crippen molar-refractivity contribution < 1.29 is 19.0 Å². The Bertz CT molecular complexity index is 726. The van der Waals surface area contributed by atoms with Crippen molar-refractivity contribution in [3.63, 3.8) is 0 Å². The van der Waals surface area contributed by atoms with E-state index in [9.17, 15) is 4.79 Å². The van der Waals surface area contributed by atoms with Crippen LogP contribution in [0, 0.1) is 17.3 Å². The Kier molecular flexibility index (Phi) is 7.03. The summed E-state index contributed by atoms with van der Waals surface area (Å²) in [5, 5.41) is 3.56. The van der Waals surface area contributed by atoms with Gasteiger partial charge in [-0.2, -0.15) is 0 Å². The average molecular weight is 406 g/mol. The molecule has 1 N–H and O–H groups in total. The molecule has 0 spiro atoms. The molecule has 1 saturated carbocycles. The third kappa shape index (κ3) is 5.97. The molecule has 2 aliphatic rings. The highest BCUT2D eigenvalue weighted by molar-refractivity contribution is 7.15. The maximum atomic E-state index is 12.2. The minimum Gasteiger partial charge on any atom is -0.465 e. The Morgan fingerprint density at radius 3 is 2.57 bits per heavy atom. The van der Waals surface area contributed by atoms with Gasteiger partial charge >= 0.3 is 5.97 Å². The van der Waals surface area contributed by atoms with Gasteiger partial charge in [0.15, 0.2) is 0 Å². The molecule has 1 saturated heterocycles. The topological polar surface area (TPSA) is 56.8 Å². The third-order valence-electron chi connectivity index (χ3n) is 4.97. The van der Waals surface area contributed by atoms with Crippen LogP contribution >= 0.6 is 11.3 Å². The smallest absolute Gasteiger partial charge is 0.350 e. The summed E-state index contributed by atoms with van der Waals surface area (Å²) >= 11 is 1.39. The fraction of sp³-hybridized carbons (Fsp3) is 0.682. The van der Waals surface area contributed by atoms with Crippen molar-refractivity contribution in [2.45, 2.75) is 71.1 Å². The van der Waals surface area contributed by atoms with Crippen LogP contribution < -0.4 is 5.32 Å². The van der Waals surface area contributed by atoms with E-state index >= 15 is 0 Å². The van der Waals surface area contributed by atoms with Crippen LogP contribution in [0.5, 0.6) is 0 Å². The quantitative estimate of drug-likeness (QED) is 0.579. The number of anilines is 1. The second-order valence-electron chi connectivity index (χ2n) is 8.58. The fourth-order valence-electron chi connectivity index (χ4n) is 3.51. The number of ether oxygens (including phenoxy) is 3. The lowest BCUT2D eigenvalue weighted by atomic mass is 9.92. The zero-order chi connectivity index (χ0) is 20.1. The number of rotatable bonds is 5. The van der Waals surface area contributed by atoms with Crippen molar-refractivity contribution in [3.05, 3.63) is 15.8 Å². The van der Waals surface area contributed by atoms with Crippen molar-refractivity contribution in [1.29, 1.82) is 0 Å². The van der Waals surface area contributed by atoms with Crippen molar-refractivity contribution in [3.8, 4) is 11.8 Å². The summed E-state index contributed by atoms with van der Waals surface area (Å²) in [4.78, 5) is 13.7. The lowest BCUT2D eigenvalue weighted by Crippen LogP contribution is -2.32. The molecule has 0 amide bonds. The number of carbonyl (C=O) groups is 1. The van der Waals surface area contributed by atoms with Gasteiger partial charge in [0.2, 0.25) is 0 Å². The summed E-state index contributed by atoms with van der Waals surface area (Å²) in [5.74, 6) is 6.12. The maximum Gasteiger partial charge on any atom is 0.350 e. The molecular weight excluding hydrogens is 374 g/mol. The van der Waals surface area contributed by atoms with Crippen LogP contribution in [-0.4, -0.2) is 44.5 Å². The van der Waals surface area contributed by atoms with E-state index in [4.69, 9.17) is 14.2 Å². The highest BCUT2D eigenvalue weighted by Crippen LogP contribution is 2.32. The lowest BCUT2D eigenvalue weighted by Gasteiger charge is -2.31. The molecule has 0 radical (unpaired) electrons. The highest BCUT2D eigenvalue weighted by Gasteiger charge is 2.27. The van der Waals surface area contributed by atoms with Gasteiger partial charge in [-0.1, -0.05) is 11.8 Å². The second-order valence-corrected chi connectivity index (χ2v) is 9.64. The molecule has 2 fully saturated rings. The predicted octanol–water partition coefficient (Wildman–Crippen LogP) is 4.46. The predicted molar refractivity (Wildman–Crippen MR) is 112 cm³/mol. The SMILES string of the molecule is COC(=O)c1sc(C#CC(C)(C)C)cc1N[C@H]1CC[C@H](O[C@@H]2CCOC2)CC1. The molecule has 6 heteroatoms. The summed E-state index contributed by atoms with van der Waals surface area (Å²) < 4.78 is 16.5. The zero-order valence-electron chi connectivity index (χ0n) is 17.3. The molecule has 1 aromatic rings. The largest absolute Gasteiger partial charge is 0.465 e. The summed E-state index contributed by atoms with van der Waals surface area (Å²) in [6, 6.07) is 2.31. The molecular formula is C22H31NO4S. The van der Waals surface area contributed by atoms with Gasteiger partial charge in [-0.3, -0.25) is 0 Å². The Hall–Kier alpha value is -1.55. The van der Waals surface area contributed by atoms with E-state index < -0.39 is 0 Å². The number of methoxy groups -OCH3 is 1. The number of thiophene rings is 1. The van der Waals surface area contributed by atoms with E-state index in [-0.39, 0.29) is 17.5 Å². The minimum absolute atomic E-state index is 0.0776. The molecule has 154 valence electrons. The number of carbonyl (C=O) groups excluding carboxylic acids is 1. The molecule has 1 aliphatic heterocycles. The van der Waals surface area contributed by atoms with Crippen LogP contribution in [0.4, 0.5) is 5.69 Å². The Morgan fingerprint density at radius 2 is 1.96 bits per heavy atom. The first-order valence-electron chi connectivity index (χ1n) is 10.1. The van der Waals surface area contributed by atoms with Crippen LogP contribution in [-0.2, 0) is 14.2 Å². The van der Waals surface area contributed by atoms with Gasteiger partial charge in [-0.25, -0.2) is 4.79 Å². The number of hydrogen-bond acceptors (Lipinski definition) is 6. The van der Waals surface area contributed by atoms with Crippen LogP contribution in [0.1, 0.15) is 67.4 Å². The average Bonchev–Trinajstić information content (AvgIpc) is 3.30. The van der Waals surface area contributed by atoms with Crippen molar-refractivity contribution >= 4 is 23.0 Å². The molecule has 2 heterocycles. The second kappa shape index (κ2) is 9.30. The van der Waals surface area contributed by atoms with Crippen molar-refractivity contribution in [2.24, 2.45) is 5.41 Å². The number of nitrogens with one attached hydrogen (secondary N) is 1. The zero-order valence-corrected chi connectivity index (χ0v) is 18.1. The molecule has 0 aromatic carbocycles. The molecule has 3 rings (SSSR count). The van der Waals surface area contributed by atoms with E-state index in [1.165, 1.54) is 18.4 Å². The monoisotopic (exact) mass is 405 g/mol. The first kappa shape index (κ1) is 21.2. The number of hydrogen-bond donors (Lipinski definition) is 1. The Balaban J connectivity index is 1.61. The summed E-state index contributed by atoms with van der Waals surface area (Å²) in [6.07, 6.45) is 5.70. The molecule has 0 bridgehead atoms. The van der Waals surface area contributed by atoms with E-state index in [1.54, 1.807) is 0 Å². The molecule has 1 atom stereocenters. The normalized spacial score (nSPS) is 25.1. The van der Waals surface area contributed by atoms with Crippen LogP contribution in [0.25, 0.3) is 0 Å². The molecule has 28 heavy (non-hydrogen) atoms. The van der Waals surface area contributed by atoms with Crippen LogP contribution in [0.15, 0.2) is 6.07 Å². The van der Waals surface area contributed by atoms with Crippen molar-refractivity contribution in [1.82, 2.24) is 0 Å². The molecule has 0 unspecified atom stereocenters. The Morgan fingerprint density at radius 1 is 1.21 bits per heavy atom. The first-order valence-corrected chi connectivity index (χ1v) is 10.9. The van der Waals surface area contributed by atoms with E-state index in [0.717, 1.165) is 55.9 Å². The molecule has 5 nitrogen and oxygen atoms in total. The Labute approximate surface area is 172 Å². The lowest BCUT2D eigenvalue weighted by molar-refractivity contribution is -0.0331.